The Hall–Kier alpha value is -0.600. The van der Waals surface area contributed by atoms with E-state index in [1.54, 1.807) is 0 Å². The van der Waals surface area contributed by atoms with E-state index in [9.17, 15) is 0 Å². The minimum absolute atomic E-state index is 0.104. The molecular weight excluding hydrogens is 226 g/mol. The highest BCUT2D eigenvalue weighted by Crippen LogP contribution is 2.19. The molecule has 0 fully saturated rings. The van der Waals surface area contributed by atoms with E-state index in [-0.39, 0.29) is 6.04 Å². The molecule has 1 rings (SSSR count). The highest BCUT2D eigenvalue weighted by molar-refractivity contribution is 9.10. The molecule has 1 atom stereocenters. The molecule has 0 amide bonds. The second-order valence-corrected chi connectivity index (χ2v) is 4.10. The molecule has 0 aliphatic carbocycles. The monoisotopic (exact) mass is 239 g/mol. The average molecular weight is 240 g/mol. The minimum atomic E-state index is 0.104. The summed E-state index contributed by atoms with van der Waals surface area (Å²) in [5.41, 5.74) is 8.06. The van der Waals surface area contributed by atoms with Crippen LogP contribution in [0.25, 0.3) is 6.08 Å². The van der Waals surface area contributed by atoms with Gasteiger partial charge in [0, 0.05) is 10.5 Å². The van der Waals surface area contributed by atoms with Crippen LogP contribution in [0.5, 0.6) is 0 Å². The van der Waals surface area contributed by atoms with Crippen LogP contribution in [0.2, 0.25) is 0 Å². The predicted octanol–water partition coefficient (Wildman–Crippen LogP) is 3.12. The van der Waals surface area contributed by atoms with Gasteiger partial charge in [0.1, 0.15) is 0 Å². The second kappa shape index (κ2) is 4.58. The third kappa shape index (κ3) is 3.33. The smallest absolute Gasteiger partial charge is 0.0247 e. The molecule has 0 aliphatic rings. The number of hydrogen-bond donors (Lipinski definition) is 1. The molecule has 2 N–H and O–H groups in total. The zero-order chi connectivity index (χ0) is 9.84. The summed E-state index contributed by atoms with van der Waals surface area (Å²) in [6.07, 6.45) is 4.03. The zero-order valence-corrected chi connectivity index (χ0v) is 9.51. The van der Waals surface area contributed by atoms with Gasteiger partial charge in [-0.05, 0) is 25.5 Å². The van der Waals surface area contributed by atoms with Gasteiger partial charge in [0.25, 0.3) is 0 Å². The molecule has 0 aromatic heterocycles. The van der Waals surface area contributed by atoms with Gasteiger partial charge in [0.15, 0.2) is 0 Å². The van der Waals surface area contributed by atoms with E-state index < -0.39 is 0 Å². The molecule has 0 aliphatic heterocycles. The Kier molecular flexibility index (Phi) is 3.70. The first-order valence-electron chi connectivity index (χ1n) is 4.29. The molecule has 0 bridgehead atoms. The van der Waals surface area contributed by atoms with Gasteiger partial charge in [-0.1, -0.05) is 45.8 Å². The molecule has 1 unspecified atom stereocenters. The fraction of sp³-hybridized carbons (Fsp3) is 0.273. The van der Waals surface area contributed by atoms with Crippen molar-refractivity contribution in [2.24, 2.45) is 5.73 Å². The molecule has 0 saturated carbocycles. The highest BCUT2D eigenvalue weighted by Gasteiger charge is 1.95. The van der Waals surface area contributed by atoms with E-state index in [1.165, 1.54) is 11.1 Å². The van der Waals surface area contributed by atoms with Crippen LogP contribution in [0.15, 0.2) is 28.7 Å². The van der Waals surface area contributed by atoms with Crippen molar-refractivity contribution < 1.29 is 0 Å². The maximum absolute atomic E-state index is 5.63. The highest BCUT2D eigenvalue weighted by atomic mass is 79.9. The quantitative estimate of drug-likeness (QED) is 0.844. The largest absolute Gasteiger partial charge is 0.325 e. The SMILES string of the molecule is Cc1ccc(Br)c(/C=C/C(C)N)c1. The summed E-state index contributed by atoms with van der Waals surface area (Å²) in [6, 6.07) is 6.36. The van der Waals surface area contributed by atoms with Gasteiger partial charge in [-0.15, -0.1) is 0 Å². The van der Waals surface area contributed by atoms with Crippen molar-refractivity contribution in [2.75, 3.05) is 0 Å². The Bertz CT molecular complexity index is 316. The molecule has 2 heteroatoms. The summed E-state index contributed by atoms with van der Waals surface area (Å²) >= 11 is 3.49. The number of nitrogens with two attached hydrogens (primary N) is 1. The normalized spacial score (nSPS) is 13.5. The van der Waals surface area contributed by atoms with E-state index in [0.717, 1.165) is 4.47 Å². The third-order valence-corrected chi connectivity index (χ3v) is 2.45. The van der Waals surface area contributed by atoms with Crippen LogP contribution in [0.1, 0.15) is 18.1 Å². The Morgan fingerprint density at radius 2 is 2.15 bits per heavy atom. The second-order valence-electron chi connectivity index (χ2n) is 3.24. The lowest BCUT2D eigenvalue weighted by Gasteiger charge is -2.01. The van der Waals surface area contributed by atoms with Crippen molar-refractivity contribution in [1.29, 1.82) is 0 Å². The van der Waals surface area contributed by atoms with Crippen molar-refractivity contribution in [2.45, 2.75) is 19.9 Å². The topological polar surface area (TPSA) is 26.0 Å². The first-order chi connectivity index (χ1) is 6.09. The van der Waals surface area contributed by atoms with Crippen LogP contribution in [-0.2, 0) is 0 Å². The number of hydrogen-bond acceptors (Lipinski definition) is 1. The van der Waals surface area contributed by atoms with Crippen molar-refractivity contribution >= 4 is 22.0 Å². The van der Waals surface area contributed by atoms with Gasteiger partial charge >= 0.3 is 0 Å². The van der Waals surface area contributed by atoms with Crippen molar-refractivity contribution in [3.8, 4) is 0 Å². The summed E-state index contributed by atoms with van der Waals surface area (Å²) in [5.74, 6) is 0. The molecule has 0 radical (unpaired) electrons. The Morgan fingerprint density at radius 3 is 2.77 bits per heavy atom. The molecule has 0 heterocycles. The molecule has 70 valence electrons. The van der Waals surface area contributed by atoms with Crippen LogP contribution in [0, 0.1) is 6.92 Å². The zero-order valence-electron chi connectivity index (χ0n) is 7.92. The summed E-state index contributed by atoms with van der Waals surface area (Å²) < 4.78 is 1.11. The fourth-order valence-corrected chi connectivity index (χ4v) is 1.43. The molecule has 0 saturated heterocycles. The Balaban J connectivity index is 2.93. The van der Waals surface area contributed by atoms with E-state index in [4.69, 9.17) is 5.73 Å². The van der Waals surface area contributed by atoms with Crippen molar-refractivity contribution in [1.82, 2.24) is 0 Å². The maximum Gasteiger partial charge on any atom is 0.0247 e. The standard InChI is InChI=1S/C11H14BrN/c1-8-3-6-11(12)10(7-8)5-4-9(2)13/h3-7,9H,13H2,1-2H3/b5-4+. The van der Waals surface area contributed by atoms with Gasteiger partial charge in [0.2, 0.25) is 0 Å². The minimum Gasteiger partial charge on any atom is -0.325 e. The summed E-state index contributed by atoms with van der Waals surface area (Å²) in [4.78, 5) is 0. The first-order valence-corrected chi connectivity index (χ1v) is 5.09. The summed E-state index contributed by atoms with van der Waals surface area (Å²) in [7, 11) is 0. The van der Waals surface area contributed by atoms with E-state index in [2.05, 4.69) is 41.1 Å². The number of aryl methyl sites for hydroxylation is 1. The van der Waals surface area contributed by atoms with Gasteiger partial charge < -0.3 is 5.73 Å². The predicted molar refractivity (Wildman–Crippen MR) is 61.6 cm³/mol. The van der Waals surface area contributed by atoms with E-state index >= 15 is 0 Å². The fourth-order valence-electron chi connectivity index (χ4n) is 1.05. The summed E-state index contributed by atoms with van der Waals surface area (Å²) in [6.45, 7) is 4.04. The lowest BCUT2D eigenvalue weighted by Crippen LogP contribution is -2.09. The van der Waals surface area contributed by atoms with Gasteiger partial charge in [-0.2, -0.15) is 0 Å². The van der Waals surface area contributed by atoms with Gasteiger partial charge in [-0.3, -0.25) is 0 Å². The van der Waals surface area contributed by atoms with Crippen LogP contribution in [0.4, 0.5) is 0 Å². The van der Waals surface area contributed by atoms with E-state index in [1.807, 2.05) is 19.1 Å². The first kappa shape index (κ1) is 10.5. The Labute approximate surface area is 87.8 Å². The molecule has 1 aromatic carbocycles. The van der Waals surface area contributed by atoms with E-state index in [0.29, 0.717) is 0 Å². The molecule has 1 nitrogen and oxygen atoms in total. The average Bonchev–Trinajstić information content (AvgIpc) is 2.06. The molecule has 0 spiro atoms. The molecule has 1 aromatic rings. The third-order valence-electron chi connectivity index (χ3n) is 1.73. The van der Waals surface area contributed by atoms with Crippen LogP contribution >= 0.6 is 15.9 Å². The van der Waals surface area contributed by atoms with Crippen molar-refractivity contribution in [3.63, 3.8) is 0 Å². The van der Waals surface area contributed by atoms with Gasteiger partial charge in [-0.25, -0.2) is 0 Å². The summed E-state index contributed by atoms with van der Waals surface area (Å²) in [5, 5.41) is 0. The number of halogens is 1. The van der Waals surface area contributed by atoms with Crippen LogP contribution in [0.3, 0.4) is 0 Å². The van der Waals surface area contributed by atoms with Crippen molar-refractivity contribution in [3.05, 3.63) is 39.9 Å². The maximum atomic E-state index is 5.63. The Morgan fingerprint density at radius 1 is 1.46 bits per heavy atom. The van der Waals surface area contributed by atoms with Gasteiger partial charge in [0.05, 0.1) is 0 Å². The lowest BCUT2D eigenvalue weighted by molar-refractivity contribution is 0.931. The molecular formula is C11H14BrN. The number of rotatable bonds is 2. The molecule has 13 heavy (non-hydrogen) atoms. The lowest BCUT2D eigenvalue weighted by atomic mass is 10.1. The number of benzene rings is 1. The van der Waals surface area contributed by atoms with Crippen LogP contribution < -0.4 is 5.73 Å². The van der Waals surface area contributed by atoms with Crippen LogP contribution in [-0.4, -0.2) is 6.04 Å².